The maximum Gasteiger partial charge on any atom is 0.340 e. The first-order valence-corrected chi connectivity index (χ1v) is 9.25. The van der Waals surface area contributed by atoms with E-state index in [-0.39, 0.29) is 24.7 Å². The number of nitrogens with zero attached hydrogens (tertiary/aromatic N) is 1. The molecule has 1 aromatic heterocycles. The van der Waals surface area contributed by atoms with Crippen LogP contribution in [0.15, 0.2) is 24.3 Å². The van der Waals surface area contributed by atoms with Crippen LogP contribution in [0.2, 0.25) is 0 Å². The van der Waals surface area contributed by atoms with Crippen molar-refractivity contribution in [2.45, 2.75) is 33.7 Å². The third-order valence-electron chi connectivity index (χ3n) is 4.74. The molecule has 1 aromatic carbocycles. The van der Waals surface area contributed by atoms with E-state index in [0.717, 1.165) is 0 Å². The van der Waals surface area contributed by atoms with Crippen LogP contribution in [-0.2, 0) is 4.74 Å². The van der Waals surface area contributed by atoms with Gasteiger partial charge in [-0.2, -0.15) is 0 Å². The van der Waals surface area contributed by atoms with E-state index in [1.54, 1.807) is 52.9 Å². The number of rotatable bonds is 9. The number of aryl methyl sites for hydroxylation is 1. The first kappa shape index (κ1) is 21.6. The van der Waals surface area contributed by atoms with Gasteiger partial charge in [-0.25, -0.2) is 9.18 Å². The number of esters is 1. The molecule has 0 saturated carbocycles. The number of ether oxygens (including phenoxy) is 2. The Balaban J connectivity index is 2.02. The SMILES string of the molecule is CCOC(=O)c1c(C)[nH]c(C(=O)C(C)N(C)CCOc2ccccc2F)c1C. The molecule has 1 heterocycles. The molecule has 0 saturated heterocycles. The van der Waals surface area contributed by atoms with Crippen LogP contribution in [0.1, 0.15) is 46.0 Å². The highest BCUT2D eigenvalue weighted by Gasteiger charge is 2.27. The standard InChI is InChI=1S/C21H27FN2O4/c1-6-27-21(26)18-13(2)19(23-14(18)3)20(25)15(4)24(5)11-12-28-17-10-8-7-9-16(17)22/h7-10,15,23H,6,11-12H2,1-5H3. The van der Waals surface area contributed by atoms with Crippen LogP contribution in [-0.4, -0.2) is 54.5 Å². The summed E-state index contributed by atoms with van der Waals surface area (Å²) in [5, 5.41) is 0. The predicted molar refractivity (Wildman–Crippen MR) is 105 cm³/mol. The molecular formula is C21H27FN2O4. The van der Waals surface area contributed by atoms with E-state index in [2.05, 4.69) is 4.98 Å². The van der Waals surface area contributed by atoms with E-state index in [4.69, 9.17) is 9.47 Å². The van der Waals surface area contributed by atoms with Crippen molar-refractivity contribution < 1.29 is 23.5 Å². The molecule has 28 heavy (non-hydrogen) atoms. The minimum absolute atomic E-state index is 0.135. The molecule has 1 N–H and O–H groups in total. The van der Waals surface area contributed by atoms with Crippen molar-refractivity contribution in [1.82, 2.24) is 9.88 Å². The molecule has 0 aliphatic rings. The van der Waals surface area contributed by atoms with Gasteiger partial charge in [0.1, 0.15) is 6.61 Å². The summed E-state index contributed by atoms with van der Waals surface area (Å²) in [6.45, 7) is 7.94. The van der Waals surface area contributed by atoms with Crippen molar-refractivity contribution in [3.8, 4) is 5.75 Å². The number of nitrogens with one attached hydrogen (secondary N) is 1. The molecule has 0 fully saturated rings. The second-order valence-corrected chi connectivity index (χ2v) is 6.65. The molecule has 2 rings (SSSR count). The highest BCUT2D eigenvalue weighted by molar-refractivity contribution is 6.03. The lowest BCUT2D eigenvalue weighted by atomic mass is 10.0. The van der Waals surface area contributed by atoms with Crippen LogP contribution in [0, 0.1) is 19.7 Å². The fourth-order valence-corrected chi connectivity index (χ4v) is 2.97. The summed E-state index contributed by atoms with van der Waals surface area (Å²) < 4.78 is 24.1. The average molecular weight is 390 g/mol. The van der Waals surface area contributed by atoms with Gasteiger partial charge in [0.15, 0.2) is 17.3 Å². The highest BCUT2D eigenvalue weighted by Crippen LogP contribution is 2.21. The number of Topliss-reactive ketones (excluding diaryl/α,β-unsaturated/α-hetero) is 1. The monoisotopic (exact) mass is 390 g/mol. The first-order chi connectivity index (χ1) is 13.3. The summed E-state index contributed by atoms with van der Waals surface area (Å²) in [5.41, 5.74) is 2.00. The molecule has 7 heteroatoms. The largest absolute Gasteiger partial charge is 0.489 e. The Hall–Kier alpha value is -2.67. The molecule has 0 amide bonds. The van der Waals surface area contributed by atoms with E-state index in [1.165, 1.54) is 6.07 Å². The number of hydrogen-bond donors (Lipinski definition) is 1. The molecule has 1 unspecified atom stereocenters. The Morgan fingerprint density at radius 3 is 2.57 bits per heavy atom. The molecule has 0 aliphatic heterocycles. The highest BCUT2D eigenvalue weighted by atomic mass is 19.1. The Bertz CT molecular complexity index is 847. The molecule has 1 atom stereocenters. The summed E-state index contributed by atoms with van der Waals surface area (Å²) in [5.74, 6) is -0.806. The van der Waals surface area contributed by atoms with Crippen LogP contribution >= 0.6 is 0 Å². The normalized spacial score (nSPS) is 12.1. The smallest absolute Gasteiger partial charge is 0.340 e. The molecule has 0 radical (unpaired) electrons. The number of hydrogen-bond acceptors (Lipinski definition) is 5. The van der Waals surface area contributed by atoms with Gasteiger partial charge in [0.25, 0.3) is 0 Å². The van der Waals surface area contributed by atoms with E-state index in [9.17, 15) is 14.0 Å². The molecule has 0 aliphatic carbocycles. The van der Waals surface area contributed by atoms with Gasteiger partial charge in [-0.15, -0.1) is 0 Å². The number of para-hydroxylation sites is 1. The number of benzene rings is 1. The zero-order valence-corrected chi connectivity index (χ0v) is 17.0. The topological polar surface area (TPSA) is 71.6 Å². The van der Waals surface area contributed by atoms with Crippen molar-refractivity contribution >= 4 is 11.8 Å². The summed E-state index contributed by atoms with van der Waals surface area (Å²) >= 11 is 0. The van der Waals surface area contributed by atoms with Crippen molar-refractivity contribution in [2.75, 3.05) is 26.8 Å². The van der Waals surface area contributed by atoms with Crippen LogP contribution in [0.25, 0.3) is 0 Å². The predicted octanol–water partition coefficient (Wildman–Crippen LogP) is 3.53. The van der Waals surface area contributed by atoms with Gasteiger partial charge in [-0.3, -0.25) is 9.69 Å². The van der Waals surface area contributed by atoms with Crippen LogP contribution in [0.5, 0.6) is 5.75 Å². The number of H-pyrrole nitrogens is 1. The molecular weight excluding hydrogens is 363 g/mol. The van der Waals surface area contributed by atoms with Gasteiger partial charge in [0.05, 0.1) is 23.9 Å². The van der Waals surface area contributed by atoms with Crippen LogP contribution in [0.3, 0.4) is 0 Å². The Labute approximate surface area is 164 Å². The number of aromatic nitrogens is 1. The van der Waals surface area contributed by atoms with E-state index >= 15 is 0 Å². The number of aromatic amines is 1. The molecule has 152 valence electrons. The minimum Gasteiger partial charge on any atom is -0.489 e. The second-order valence-electron chi connectivity index (χ2n) is 6.65. The van der Waals surface area contributed by atoms with Crippen molar-refractivity contribution in [2.24, 2.45) is 0 Å². The number of carbonyl (C=O) groups excluding carboxylic acids is 2. The fraction of sp³-hybridized carbons (Fsp3) is 0.429. The Morgan fingerprint density at radius 2 is 1.93 bits per heavy atom. The quantitative estimate of drug-likeness (QED) is 0.524. The number of halogens is 1. The van der Waals surface area contributed by atoms with Crippen molar-refractivity contribution in [3.05, 3.63) is 52.6 Å². The summed E-state index contributed by atoms with van der Waals surface area (Å²) in [6.07, 6.45) is 0. The van der Waals surface area contributed by atoms with E-state index in [0.29, 0.717) is 29.1 Å². The summed E-state index contributed by atoms with van der Waals surface area (Å²) in [4.78, 5) is 29.9. The minimum atomic E-state index is -0.448. The Kier molecular flexibility index (Phi) is 7.34. The molecule has 6 nitrogen and oxygen atoms in total. The lowest BCUT2D eigenvalue weighted by Crippen LogP contribution is -2.39. The van der Waals surface area contributed by atoms with E-state index < -0.39 is 17.8 Å². The maximum absolute atomic E-state index is 13.6. The van der Waals surface area contributed by atoms with Gasteiger partial charge < -0.3 is 14.5 Å². The maximum atomic E-state index is 13.6. The zero-order valence-electron chi connectivity index (χ0n) is 17.0. The van der Waals surface area contributed by atoms with Crippen molar-refractivity contribution in [1.29, 1.82) is 0 Å². The van der Waals surface area contributed by atoms with Gasteiger partial charge in [0.2, 0.25) is 0 Å². The fourth-order valence-electron chi connectivity index (χ4n) is 2.97. The van der Waals surface area contributed by atoms with E-state index in [1.807, 2.05) is 4.90 Å². The number of ketones is 1. The van der Waals surface area contributed by atoms with Gasteiger partial charge >= 0.3 is 5.97 Å². The number of carbonyl (C=O) groups is 2. The van der Waals surface area contributed by atoms with Crippen molar-refractivity contribution in [3.63, 3.8) is 0 Å². The molecule has 0 bridgehead atoms. The zero-order chi connectivity index (χ0) is 20.8. The summed E-state index contributed by atoms with van der Waals surface area (Å²) in [6, 6.07) is 5.75. The van der Waals surface area contributed by atoms with Gasteiger partial charge in [0, 0.05) is 12.2 Å². The molecule has 2 aromatic rings. The Morgan fingerprint density at radius 1 is 1.25 bits per heavy atom. The lowest BCUT2D eigenvalue weighted by Gasteiger charge is -2.23. The van der Waals surface area contributed by atoms with Crippen LogP contribution in [0.4, 0.5) is 4.39 Å². The average Bonchev–Trinajstić information content (AvgIpc) is 2.96. The third kappa shape index (κ3) is 4.78. The van der Waals surface area contributed by atoms with Crippen LogP contribution < -0.4 is 4.74 Å². The first-order valence-electron chi connectivity index (χ1n) is 9.25. The third-order valence-corrected chi connectivity index (χ3v) is 4.74. The lowest BCUT2D eigenvalue weighted by molar-refractivity contribution is 0.0525. The second kappa shape index (κ2) is 9.50. The summed E-state index contributed by atoms with van der Waals surface area (Å²) in [7, 11) is 1.80. The van der Waals surface area contributed by atoms with Gasteiger partial charge in [-0.1, -0.05) is 12.1 Å². The number of likely N-dealkylation sites (N-methyl/N-ethyl adjacent to an activating group) is 1. The molecule has 0 spiro atoms. The van der Waals surface area contributed by atoms with Gasteiger partial charge in [-0.05, 0) is 52.4 Å².